The van der Waals surface area contributed by atoms with Crippen molar-refractivity contribution >= 4 is 17.3 Å². The third-order valence-electron chi connectivity index (χ3n) is 3.89. The van der Waals surface area contributed by atoms with Crippen LogP contribution in [-0.4, -0.2) is 36.4 Å². The number of fused-ring (bicyclic) bond motifs is 2. The van der Waals surface area contributed by atoms with Crippen LogP contribution in [0, 0.1) is 0 Å². The van der Waals surface area contributed by atoms with E-state index in [1.165, 1.54) is 0 Å². The van der Waals surface area contributed by atoms with Crippen LogP contribution in [0.3, 0.4) is 0 Å². The van der Waals surface area contributed by atoms with Crippen LogP contribution >= 0.6 is 0 Å². The molecule has 3 rings (SSSR count). The number of benzene rings is 2. The minimum absolute atomic E-state index is 0.0601. The number of carbonyl (C=O) groups excluding carboxylic acids is 2. The van der Waals surface area contributed by atoms with Crippen molar-refractivity contribution in [1.29, 1.82) is 0 Å². The molecule has 0 bridgehead atoms. The summed E-state index contributed by atoms with van der Waals surface area (Å²) >= 11 is 0. The lowest BCUT2D eigenvalue weighted by molar-refractivity contribution is 0.0979. The molecule has 0 amide bonds. The molecule has 0 saturated heterocycles. The van der Waals surface area contributed by atoms with Crippen molar-refractivity contribution in [2.75, 3.05) is 24.7 Å². The van der Waals surface area contributed by atoms with Crippen LogP contribution < -0.4 is 10.4 Å². The third kappa shape index (κ3) is 2.54. The number of hydrogen-bond donors (Lipinski definition) is 2. The van der Waals surface area contributed by atoms with Gasteiger partial charge in [-0.15, -0.1) is 0 Å². The fourth-order valence-electron chi connectivity index (χ4n) is 2.93. The lowest BCUT2D eigenvalue weighted by atomic mass is 9.83. The van der Waals surface area contributed by atoms with E-state index in [1.54, 1.807) is 47.5 Å². The lowest BCUT2D eigenvalue weighted by Crippen LogP contribution is -2.41. The number of anilines is 1. The normalized spacial score (nSPS) is 12.8. The summed E-state index contributed by atoms with van der Waals surface area (Å²) in [7, 11) is 0. The van der Waals surface area contributed by atoms with Crippen LogP contribution in [-0.2, 0) is 0 Å². The van der Waals surface area contributed by atoms with E-state index in [-0.39, 0.29) is 18.2 Å². The Morgan fingerprint density at radius 3 is 2.26 bits per heavy atom. The van der Waals surface area contributed by atoms with E-state index in [0.29, 0.717) is 41.0 Å². The largest absolute Gasteiger partial charge is 0.394 e. The van der Waals surface area contributed by atoms with Crippen LogP contribution in [0.2, 0.25) is 0 Å². The van der Waals surface area contributed by atoms with Gasteiger partial charge >= 0.3 is 0 Å². The smallest absolute Gasteiger partial charge is 0.196 e. The fourth-order valence-corrected chi connectivity index (χ4v) is 2.93. The van der Waals surface area contributed by atoms with Crippen molar-refractivity contribution in [2.24, 2.45) is 0 Å². The molecule has 5 nitrogen and oxygen atoms in total. The molecule has 2 N–H and O–H groups in total. The number of hydrogen-bond acceptors (Lipinski definition) is 5. The number of aliphatic hydroxyl groups excluding tert-OH is 1. The van der Waals surface area contributed by atoms with Gasteiger partial charge in [-0.2, -0.15) is 0 Å². The van der Waals surface area contributed by atoms with E-state index < -0.39 is 0 Å². The average molecular weight is 310 g/mol. The van der Waals surface area contributed by atoms with Crippen LogP contribution in [0.25, 0.3) is 0 Å². The molecule has 2 aromatic carbocycles. The van der Waals surface area contributed by atoms with E-state index >= 15 is 0 Å². The minimum Gasteiger partial charge on any atom is -0.394 e. The van der Waals surface area contributed by atoms with Crippen LogP contribution in [0.15, 0.2) is 42.5 Å². The van der Waals surface area contributed by atoms with Crippen molar-refractivity contribution in [2.45, 2.75) is 6.92 Å². The number of ketones is 2. The summed E-state index contributed by atoms with van der Waals surface area (Å²) < 4.78 is 0. The van der Waals surface area contributed by atoms with Crippen molar-refractivity contribution in [3.8, 4) is 0 Å². The summed E-state index contributed by atoms with van der Waals surface area (Å²) in [5.74, 6) is -0.302. The van der Waals surface area contributed by atoms with Gasteiger partial charge < -0.3 is 10.1 Å². The van der Waals surface area contributed by atoms with E-state index in [2.05, 4.69) is 5.43 Å². The maximum absolute atomic E-state index is 12.9. The van der Waals surface area contributed by atoms with Gasteiger partial charge in [-0.3, -0.25) is 9.59 Å². The SMILES string of the molecule is CCNN(CCO)c1cccc2c1C(=O)c1ccccc1C2=O. The monoisotopic (exact) mass is 310 g/mol. The van der Waals surface area contributed by atoms with Crippen LogP contribution in [0.4, 0.5) is 5.69 Å². The summed E-state index contributed by atoms with van der Waals surface area (Å²) in [5, 5.41) is 11.0. The molecular formula is C18H18N2O3. The standard InChI is InChI=1S/C18H18N2O3/c1-2-19-20(10-11-21)15-9-5-8-14-16(15)18(23)13-7-4-3-6-12(13)17(14)22/h3-9,19,21H,2,10-11H2,1H3. The van der Waals surface area contributed by atoms with Gasteiger partial charge in [-0.05, 0) is 6.07 Å². The first-order valence-corrected chi connectivity index (χ1v) is 7.62. The fraction of sp³-hybridized carbons (Fsp3) is 0.222. The zero-order chi connectivity index (χ0) is 16.4. The Hall–Kier alpha value is -2.50. The molecule has 0 spiro atoms. The molecule has 0 saturated carbocycles. The number of rotatable bonds is 5. The Bertz CT molecular complexity index is 765. The van der Waals surface area contributed by atoms with Gasteiger partial charge in [0.15, 0.2) is 11.6 Å². The maximum Gasteiger partial charge on any atom is 0.196 e. The molecule has 0 unspecified atom stereocenters. The molecule has 5 heteroatoms. The molecule has 0 aromatic heterocycles. The molecule has 0 aliphatic heterocycles. The predicted molar refractivity (Wildman–Crippen MR) is 87.9 cm³/mol. The highest BCUT2D eigenvalue weighted by atomic mass is 16.3. The van der Waals surface area contributed by atoms with E-state index in [9.17, 15) is 14.7 Å². The highest BCUT2D eigenvalue weighted by Gasteiger charge is 2.32. The second-order valence-electron chi connectivity index (χ2n) is 5.29. The third-order valence-corrected chi connectivity index (χ3v) is 3.89. The summed E-state index contributed by atoms with van der Waals surface area (Å²) in [6.45, 7) is 2.84. The Balaban J connectivity index is 2.17. The van der Waals surface area contributed by atoms with Gasteiger partial charge in [0.05, 0.1) is 24.4 Å². The number of hydrazine groups is 1. The Morgan fingerprint density at radius 2 is 1.61 bits per heavy atom. The molecule has 1 aliphatic rings. The first kappa shape index (κ1) is 15.4. The summed E-state index contributed by atoms with van der Waals surface area (Å²) in [6, 6.07) is 12.1. The Morgan fingerprint density at radius 1 is 0.957 bits per heavy atom. The van der Waals surface area contributed by atoms with Gasteiger partial charge in [0.1, 0.15) is 0 Å². The first-order chi connectivity index (χ1) is 11.2. The van der Waals surface area contributed by atoms with Gasteiger partial charge in [0, 0.05) is 23.2 Å². The van der Waals surface area contributed by atoms with Gasteiger partial charge in [-0.25, -0.2) is 5.43 Å². The summed E-state index contributed by atoms with van der Waals surface area (Å²) in [6.07, 6.45) is 0. The number of nitrogens with one attached hydrogen (secondary N) is 1. The predicted octanol–water partition coefficient (Wildman–Crippen LogP) is 1.79. The maximum atomic E-state index is 12.9. The molecule has 2 aromatic rings. The summed E-state index contributed by atoms with van der Waals surface area (Å²) in [5.41, 5.74) is 5.41. The van der Waals surface area contributed by atoms with Crippen LogP contribution in [0.1, 0.15) is 38.8 Å². The van der Waals surface area contributed by atoms with Gasteiger partial charge in [-0.1, -0.05) is 43.3 Å². The van der Waals surface area contributed by atoms with E-state index in [0.717, 1.165) is 0 Å². The van der Waals surface area contributed by atoms with Crippen molar-refractivity contribution in [3.05, 3.63) is 64.7 Å². The number of aliphatic hydroxyl groups is 1. The zero-order valence-corrected chi connectivity index (χ0v) is 12.9. The van der Waals surface area contributed by atoms with Crippen molar-refractivity contribution < 1.29 is 14.7 Å². The van der Waals surface area contributed by atoms with Gasteiger partial charge in [0.25, 0.3) is 0 Å². The molecule has 0 fully saturated rings. The number of nitrogens with zero attached hydrogens (tertiary/aromatic N) is 1. The van der Waals surface area contributed by atoms with Crippen LogP contribution in [0.5, 0.6) is 0 Å². The second kappa shape index (κ2) is 6.32. The van der Waals surface area contributed by atoms with Crippen molar-refractivity contribution in [1.82, 2.24) is 5.43 Å². The molecule has 0 radical (unpaired) electrons. The Labute approximate surface area is 134 Å². The molecule has 0 atom stereocenters. The molecule has 118 valence electrons. The second-order valence-corrected chi connectivity index (χ2v) is 5.29. The molecule has 1 aliphatic carbocycles. The molecule has 0 heterocycles. The number of carbonyl (C=O) groups is 2. The highest BCUT2D eigenvalue weighted by molar-refractivity contribution is 6.30. The minimum atomic E-state index is -0.161. The Kier molecular flexibility index (Phi) is 4.23. The lowest BCUT2D eigenvalue weighted by Gasteiger charge is -2.28. The summed E-state index contributed by atoms with van der Waals surface area (Å²) in [4.78, 5) is 25.6. The van der Waals surface area contributed by atoms with Gasteiger partial charge in [0.2, 0.25) is 0 Å². The van der Waals surface area contributed by atoms with E-state index in [4.69, 9.17) is 0 Å². The topological polar surface area (TPSA) is 69.6 Å². The highest BCUT2D eigenvalue weighted by Crippen LogP contribution is 2.33. The average Bonchev–Trinajstić information content (AvgIpc) is 2.59. The van der Waals surface area contributed by atoms with Crippen molar-refractivity contribution in [3.63, 3.8) is 0 Å². The molecular weight excluding hydrogens is 292 g/mol. The zero-order valence-electron chi connectivity index (χ0n) is 12.9. The van der Waals surface area contributed by atoms with E-state index in [1.807, 2.05) is 6.92 Å². The first-order valence-electron chi connectivity index (χ1n) is 7.62. The quantitative estimate of drug-likeness (QED) is 0.703. The molecule has 23 heavy (non-hydrogen) atoms.